The first-order chi connectivity index (χ1) is 14.5. The topological polar surface area (TPSA) is 84.9 Å². The van der Waals surface area contributed by atoms with Gasteiger partial charge in [-0.05, 0) is 36.1 Å². The minimum absolute atomic E-state index is 0.0859. The van der Waals surface area contributed by atoms with Crippen LogP contribution in [0.15, 0.2) is 34.5 Å². The molecule has 162 valence electrons. The number of thiophene rings is 1. The maximum Gasteiger partial charge on any atom is 0.263 e. The predicted octanol–water partition coefficient (Wildman–Crippen LogP) is 3.14. The number of carbonyl (C=O) groups excluding carboxylic acids is 1. The van der Waals surface area contributed by atoms with E-state index in [0.29, 0.717) is 37.8 Å². The molecule has 1 unspecified atom stereocenters. The molecule has 0 aliphatic carbocycles. The van der Waals surface area contributed by atoms with Crippen molar-refractivity contribution in [3.05, 3.63) is 40.1 Å². The monoisotopic (exact) mass is 468 g/mol. The van der Waals surface area contributed by atoms with Crippen LogP contribution in [0.1, 0.15) is 34.6 Å². The molecule has 1 N–H and O–H groups in total. The Morgan fingerprint density at radius 1 is 1.13 bits per heavy atom. The Balaban J connectivity index is 1.51. The van der Waals surface area contributed by atoms with E-state index in [-0.39, 0.29) is 15.8 Å². The van der Waals surface area contributed by atoms with Gasteiger partial charge in [-0.15, -0.1) is 11.3 Å². The summed E-state index contributed by atoms with van der Waals surface area (Å²) < 4.78 is 38.9. The molecule has 0 bridgehead atoms. The van der Waals surface area contributed by atoms with Crippen molar-refractivity contribution in [2.45, 2.75) is 24.3 Å². The Hall–Kier alpha value is -1.75. The summed E-state index contributed by atoms with van der Waals surface area (Å²) in [6.45, 7) is 4.00. The summed E-state index contributed by atoms with van der Waals surface area (Å²) in [5, 5.41) is 4.58. The van der Waals surface area contributed by atoms with E-state index in [9.17, 15) is 13.2 Å². The highest BCUT2D eigenvalue weighted by atomic mass is 32.2. The lowest BCUT2D eigenvalue weighted by Gasteiger charge is -2.25. The molecule has 7 nitrogen and oxygen atoms in total. The van der Waals surface area contributed by atoms with Gasteiger partial charge in [-0.2, -0.15) is 16.1 Å². The Morgan fingerprint density at radius 2 is 1.87 bits per heavy atom. The van der Waals surface area contributed by atoms with Crippen molar-refractivity contribution < 1.29 is 22.7 Å². The summed E-state index contributed by atoms with van der Waals surface area (Å²) in [5.41, 5.74) is 0.863. The van der Waals surface area contributed by atoms with E-state index < -0.39 is 15.9 Å². The number of nitrogens with zero attached hydrogens (tertiary/aromatic N) is 1. The molecule has 1 amide bonds. The highest BCUT2D eigenvalue weighted by Gasteiger charge is 2.31. The molecule has 1 atom stereocenters. The molecule has 30 heavy (non-hydrogen) atoms. The van der Waals surface area contributed by atoms with Crippen LogP contribution in [-0.2, 0) is 10.0 Å². The minimum Gasteiger partial charge on any atom is -0.490 e. The summed E-state index contributed by atoms with van der Waals surface area (Å²) in [5.74, 6) is 2.50. The molecule has 2 aliphatic heterocycles. The molecule has 2 aromatic rings. The van der Waals surface area contributed by atoms with Crippen LogP contribution >= 0.6 is 23.1 Å². The highest BCUT2D eigenvalue weighted by Crippen LogP contribution is 2.33. The number of hydrogen-bond acceptors (Lipinski definition) is 7. The third-order valence-electron chi connectivity index (χ3n) is 5.04. The second kappa shape index (κ2) is 9.17. The Kier molecular flexibility index (Phi) is 6.57. The van der Waals surface area contributed by atoms with Gasteiger partial charge >= 0.3 is 0 Å². The summed E-state index contributed by atoms with van der Waals surface area (Å²) in [4.78, 5) is 13.2. The van der Waals surface area contributed by atoms with Gasteiger partial charge in [0.2, 0.25) is 10.0 Å². The lowest BCUT2D eigenvalue weighted by Crippen LogP contribution is -2.38. The number of hydrogen-bond donors (Lipinski definition) is 1. The molecule has 1 aromatic carbocycles. The number of rotatable bonds is 5. The number of ether oxygens (including phenoxy) is 2. The van der Waals surface area contributed by atoms with Gasteiger partial charge in [0, 0.05) is 31.0 Å². The Labute approximate surface area is 184 Å². The molecule has 0 spiro atoms. The number of fused-ring (bicyclic) bond motifs is 1. The predicted molar refractivity (Wildman–Crippen MR) is 118 cm³/mol. The van der Waals surface area contributed by atoms with Crippen LogP contribution in [0.25, 0.3) is 0 Å². The Morgan fingerprint density at radius 3 is 2.63 bits per heavy atom. The lowest BCUT2D eigenvalue weighted by molar-refractivity contribution is 0.0940. The van der Waals surface area contributed by atoms with Crippen molar-refractivity contribution in [3.8, 4) is 11.5 Å². The third-order valence-corrected chi connectivity index (χ3v) is 8.97. The maximum absolute atomic E-state index is 13.0. The average molecular weight is 469 g/mol. The van der Waals surface area contributed by atoms with Gasteiger partial charge in [0.1, 0.15) is 9.77 Å². The van der Waals surface area contributed by atoms with E-state index in [4.69, 9.17) is 9.47 Å². The zero-order chi connectivity index (χ0) is 21.1. The number of amides is 1. The molecular formula is C20H24N2O5S3. The number of thioether (sulfide) groups is 1. The van der Waals surface area contributed by atoms with Gasteiger partial charge in [0.05, 0.1) is 19.3 Å². The summed E-state index contributed by atoms with van der Waals surface area (Å²) in [7, 11) is -3.68. The summed E-state index contributed by atoms with van der Waals surface area (Å²) in [6, 6.07) is 6.79. The van der Waals surface area contributed by atoms with Crippen LogP contribution in [0.4, 0.5) is 0 Å². The van der Waals surface area contributed by atoms with Gasteiger partial charge < -0.3 is 14.8 Å². The number of carbonyl (C=O) groups is 1. The van der Waals surface area contributed by atoms with Gasteiger partial charge in [-0.25, -0.2) is 8.42 Å². The smallest absolute Gasteiger partial charge is 0.263 e. The van der Waals surface area contributed by atoms with E-state index in [0.717, 1.165) is 34.8 Å². The molecule has 1 fully saturated rings. The van der Waals surface area contributed by atoms with Crippen molar-refractivity contribution in [1.29, 1.82) is 0 Å². The van der Waals surface area contributed by atoms with Crippen molar-refractivity contribution in [3.63, 3.8) is 0 Å². The van der Waals surface area contributed by atoms with Crippen molar-refractivity contribution in [2.24, 2.45) is 0 Å². The van der Waals surface area contributed by atoms with Crippen LogP contribution in [0, 0.1) is 0 Å². The molecule has 1 saturated heterocycles. The van der Waals surface area contributed by atoms with E-state index >= 15 is 0 Å². The zero-order valence-corrected chi connectivity index (χ0v) is 19.1. The fourth-order valence-corrected chi connectivity index (χ4v) is 7.27. The minimum atomic E-state index is -3.68. The van der Waals surface area contributed by atoms with Crippen LogP contribution in [0.2, 0.25) is 0 Å². The fraction of sp³-hybridized carbons (Fsp3) is 0.450. The van der Waals surface area contributed by atoms with Gasteiger partial charge in [-0.1, -0.05) is 6.07 Å². The largest absolute Gasteiger partial charge is 0.490 e. The summed E-state index contributed by atoms with van der Waals surface area (Å²) >= 11 is 2.88. The number of nitrogens with one attached hydrogen (secondary N) is 1. The molecule has 0 saturated carbocycles. The van der Waals surface area contributed by atoms with E-state index in [2.05, 4.69) is 5.32 Å². The number of sulfonamides is 1. The zero-order valence-electron chi connectivity index (χ0n) is 16.6. The normalized spacial score (nSPS) is 18.4. The second-order valence-electron chi connectivity index (χ2n) is 7.08. The first kappa shape index (κ1) is 21.5. The first-order valence-corrected chi connectivity index (χ1v) is 13.3. The molecular weight excluding hydrogens is 444 g/mol. The molecule has 10 heteroatoms. The highest BCUT2D eigenvalue weighted by molar-refractivity contribution is 7.99. The van der Waals surface area contributed by atoms with Gasteiger partial charge in [0.15, 0.2) is 11.5 Å². The lowest BCUT2D eigenvalue weighted by atomic mass is 10.1. The molecule has 1 aromatic heterocycles. The quantitative estimate of drug-likeness (QED) is 0.726. The standard InChI is InChI=1S/C20H24N2O5S3/c1-14(15-3-4-16-17(13-15)27-9-2-8-26-16)21-20(23)19-18(5-10-29-19)30(24,25)22-6-11-28-12-7-22/h3-5,10,13-14H,2,6-9,11-12H2,1H3,(H,21,23). The van der Waals surface area contributed by atoms with Crippen LogP contribution in [0.3, 0.4) is 0 Å². The molecule has 2 aliphatic rings. The van der Waals surface area contributed by atoms with E-state index in [1.165, 1.54) is 10.4 Å². The van der Waals surface area contributed by atoms with Crippen LogP contribution < -0.4 is 14.8 Å². The second-order valence-corrected chi connectivity index (χ2v) is 11.1. The number of benzene rings is 1. The maximum atomic E-state index is 13.0. The fourth-order valence-electron chi connectivity index (χ4n) is 3.39. The van der Waals surface area contributed by atoms with Gasteiger partial charge in [-0.3, -0.25) is 4.79 Å². The van der Waals surface area contributed by atoms with Gasteiger partial charge in [0.25, 0.3) is 5.91 Å². The average Bonchev–Trinajstić information content (AvgIpc) is 3.14. The van der Waals surface area contributed by atoms with Crippen molar-refractivity contribution >= 4 is 39.0 Å². The summed E-state index contributed by atoms with van der Waals surface area (Å²) in [6.07, 6.45) is 0.821. The molecule has 3 heterocycles. The third kappa shape index (κ3) is 4.46. The Bertz CT molecular complexity index is 1020. The van der Waals surface area contributed by atoms with Crippen LogP contribution in [0.5, 0.6) is 11.5 Å². The van der Waals surface area contributed by atoms with E-state index in [1.807, 2.05) is 25.1 Å². The van der Waals surface area contributed by atoms with Crippen molar-refractivity contribution in [1.82, 2.24) is 9.62 Å². The van der Waals surface area contributed by atoms with Crippen LogP contribution in [-0.4, -0.2) is 56.4 Å². The van der Waals surface area contributed by atoms with E-state index in [1.54, 1.807) is 17.1 Å². The molecule has 4 rings (SSSR count). The SMILES string of the molecule is CC(NC(=O)c1sccc1S(=O)(=O)N1CCSCC1)c1ccc2c(c1)OCCCO2. The first-order valence-electron chi connectivity index (χ1n) is 9.82. The molecule has 0 radical (unpaired) electrons. The van der Waals surface area contributed by atoms with Crippen molar-refractivity contribution in [2.75, 3.05) is 37.8 Å².